The van der Waals surface area contributed by atoms with Crippen LogP contribution < -0.4 is 5.32 Å². The summed E-state index contributed by atoms with van der Waals surface area (Å²) in [6, 6.07) is 11.8. The van der Waals surface area contributed by atoms with Crippen molar-refractivity contribution in [2.75, 3.05) is 12.4 Å². The Labute approximate surface area is 138 Å². The number of rotatable bonds is 5. The molecule has 1 amide bonds. The topological polar surface area (TPSA) is 75.6 Å². The number of anilines is 1. The summed E-state index contributed by atoms with van der Waals surface area (Å²) in [4.78, 5) is 23.5. The van der Waals surface area contributed by atoms with Crippen LogP contribution in [0.5, 0.6) is 5.75 Å². The number of carbonyl (C=O) groups excluding carboxylic acids is 2. The van der Waals surface area contributed by atoms with E-state index in [9.17, 15) is 14.7 Å². The number of aromatic hydroxyl groups is 1. The molecule has 0 spiro atoms. The molecule has 5 nitrogen and oxygen atoms in total. The van der Waals surface area contributed by atoms with Gasteiger partial charge in [0.15, 0.2) is 5.75 Å². The lowest BCUT2D eigenvalue weighted by Gasteiger charge is -2.10. The van der Waals surface area contributed by atoms with Crippen LogP contribution in [-0.2, 0) is 16.0 Å². The van der Waals surface area contributed by atoms with Gasteiger partial charge in [-0.25, -0.2) is 4.79 Å². The first-order chi connectivity index (χ1) is 11.0. The third kappa shape index (κ3) is 4.47. The largest absolute Gasteiger partial charge is 0.505 e. The molecule has 0 heterocycles. The summed E-state index contributed by atoms with van der Waals surface area (Å²) in [5.74, 6) is -1.25. The van der Waals surface area contributed by atoms with Crippen LogP contribution in [0.3, 0.4) is 0 Å². The second kappa shape index (κ2) is 7.65. The average Bonchev–Trinajstić information content (AvgIpc) is 2.54. The SMILES string of the molecule is COC(=O)c1cccc(NC(=O)CCc2cccc(Cl)c2)c1O. The summed E-state index contributed by atoms with van der Waals surface area (Å²) in [6.07, 6.45) is 0.742. The maximum Gasteiger partial charge on any atom is 0.341 e. The van der Waals surface area contributed by atoms with E-state index in [4.69, 9.17) is 11.6 Å². The summed E-state index contributed by atoms with van der Waals surface area (Å²) in [7, 11) is 1.22. The molecule has 0 aliphatic carbocycles. The molecule has 2 rings (SSSR count). The maximum atomic E-state index is 12.0. The lowest BCUT2D eigenvalue weighted by molar-refractivity contribution is -0.116. The highest BCUT2D eigenvalue weighted by atomic mass is 35.5. The lowest BCUT2D eigenvalue weighted by Crippen LogP contribution is -2.13. The van der Waals surface area contributed by atoms with Gasteiger partial charge in [0.2, 0.25) is 5.91 Å². The second-order valence-electron chi connectivity index (χ2n) is 4.87. The van der Waals surface area contributed by atoms with Crippen molar-refractivity contribution in [1.29, 1.82) is 0 Å². The van der Waals surface area contributed by atoms with Gasteiger partial charge in [0.05, 0.1) is 12.8 Å². The molecule has 0 aromatic heterocycles. The van der Waals surface area contributed by atoms with Crippen molar-refractivity contribution >= 4 is 29.2 Å². The molecule has 0 aliphatic heterocycles. The van der Waals surface area contributed by atoms with Crippen molar-refractivity contribution in [3.63, 3.8) is 0 Å². The number of amides is 1. The van der Waals surface area contributed by atoms with Crippen LogP contribution in [0.25, 0.3) is 0 Å². The molecular formula is C17H16ClNO4. The van der Waals surface area contributed by atoms with E-state index in [0.29, 0.717) is 11.4 Å². The quantitative estimate of drug-likeness (QED) is 0.649. The number of phenols is 1. The number of aryl methyl sites for hydroxylation is 1. The van der Waals surface area contributed by atoms with E-state index in [1.54, 1.807) is 18.2 Å². The molecule has 2 N–H and O–H groups in total. The fourth-order valence-electron chi connectivity index (χ4n) is 2.08. The van der Waals surface area contributed by atoms with Crippen molar-refractivity contribution < 1.29 is 19.4 Å². The molecule has 0 fully saturated rings. The molecule has 23 heavy (non-hydrogen) atoms. The molecule has 0 atom stereocenters. The highest BCUT2D eigenvalue weighted by Gasteiger charge is 2.15. The molecule has 0 radical (unpaired) electrons. The fourth-order valence-corrected chi connectivity index (χ4v) is 2.29. The lowest BCUT2D eigenvalue weighted by atomic mass is 10.1. The molecule has 0 bridgehead atoms. The van der Waals surface area contributed by atoms with Crippen molar-refractivity contribution in [3.05, 3.63) is 58.6 Å². The Morgan fingerprint density at radius 3 is 2.65 bits per heavy atom. The Hall–Kier alpha value is -2.53. The summed E-state index contributed by atoms with van der Waals surface area (Å²) in [6.45, 7) is 0. The molecule has 0 saturated heterocycles. The highest BCUT2D eigenvalue weighted by Crippen LogP contribution is 2.28. The first-order valence-corrected chi connectivity index (χ1v) is 7.33. The zero-order valence-electron chi connectivity index (χ0n) is 12.5. The number of nitrogens with one attached hydrogen (secondary N) is 1. The number of hydrogen-bond donors (Lipinski definition) is 2. The molecular weight excluding hydrogens is 318 g/mol. The van der Waals surface area contributed by atoms with E-state index in [-0.39, 0.29) is 29.3 Å². The molecule has 6 heteroatoms. The zero-order valence-corrected chi connectivity index (χ0v) is 13.3. The van der Waals surface area contributed by atoms with E-state index in [1.807, 2.05) is 12.1 Å². The number of ether oxygens (including phenoxy) is 1. The van der Waals surface area contributed by atoms with E-state index < -0.39 is 5.97 Å². The fraction of sp³-hybridized carbons (Fsp3) is 0.176. The van der Waals surface area contributed by atoms with Crippen LogP contribution in [-0.4, -0.2) is 24.1 Å². The second-order valence-corrected chi connectivity index (χ2v) is 5.31. The molecule has 120 valence electrons. The molecule has 0 aliphatic rings. The minimum atomic E-state index is -0.669. The number of benzene rings is 2. The van der Waals surface area contributed by atoms with E-state index in [0.717, 1.165) is 5.56 Å². The van der Waals surface area contributed by atoms with Gasteiger partial charge in [-0.1, -0.05) is 29.8 Å². The van der Waals surface area contributed by atoms with Gasteiger partial charge in [-0.05, 0) is 36.2 Å². The third-order valence-corrected chi connectivity index (χ3v) is 3.48. The Balaban J connectivity index is 2.02. The van der Waals surface area contributed by atoms with Gasteiger partial charge in [-0.15, -0.1) is 0 Å². The normalized spacial score (nSPS) is 10.2. The monoisotopic (exact) mass is 333 g/mol. The Morgan fingerprint density at radius 1 is 1.22 bits per heavy atom. The molecule has 2 aromatic carbocycles. The van der Waals surface area contributed by atoms with Crippen LogP contribution >= 0.6 is 11.6 Å². The van der Waals surface area contributed by atoms with Crippen molar-refractivity contribution in [2.24, 2.45) is 0 Å². The van der Waals surface area contributed by atoms with Crippen LogP contribution in [0.4, 0.5) is 5.69 Å². The van der Waals surface area contributed by atoms with Gasteiger partial charge in [0.25, 0.3) is 0 Å². The van der Waals surface area contributed by atoms with Gasteiger partial charge in [0, 0.05) is 11.4 Å². The number of halogens is 1. The predicted octanol–water partition coefficient (Wildman–Crippen LogP) is 3.40. The van der Waals surface area contributed by atoms with Gasteiger partial charge >= 0.3 is 5.97 Å². The minimum absolute atomic E-state index is 0.000131. The standard InChI is InChI=1S/C17H16ClNO4/c1-23-17(22)13-6-3-7-14(16(13)21)19-15(20)9-8-11-4-2-5-12(18)10-11/h2-7,10,21H,8-9H2,1H3,(H,19,20). The third-order valence-electron chi connectivity index (χ3n) is 3.25. The van der Waals surface area contributed by atoms with Gasteiger partial charge in [-0.3, -0.25) is 4.79 Å². The highest BCUT2D eigenvalue weighted by molar-refractivity contribution is 6.30. The number of carbonyl (C=O) groups is 2. The number of methoxy groups -OCH3 is 1. The summed E-state index contributed by atoms with van der Waals surface area (Å²) in [5, 5.41) is 13.2. The van der Waals surface area contributed by atoms with E-state index in [1.165, 1.54) is 19.2 Å². The van der Waals surface area contributed by atoms with Crippen LogP contribution in [0.1, 0.15) is 22.3 Å². The van der Waals surface area contributed by atoms with Crippen molar-refractivity contribution in [1.82, 2.24) is 0 Å². The number of hydrogen-bond acceptors (Lipinski definition) is 4. The number of para-hydroxylation sites is 1. The number of phenolic OH excluding ortho intramolecular Hbond substituents is 1. The van der Waals surface area contributed by atoms with Crippen LogP contribution in [0.2, 0.25) is 5.02 Å². The van der Waals surface area contributed by atoms with E-state index >= 15 is 0 Å². The summed E-state index contributed by atoms with van der Waals surface area (Å²) >= 11 is 5.89. The maximum absolute atomic E-state index is 12.0. The first-order valence-electron chi connectivity index (χ1n) is 6.96. The molecule has 0 saturated carbocycles. The average molecular weight is 334 g/mol. The predicted molar refractivity (Wildman–Crippen MR) is 87.8 cm³/mol. The zero-order chi connectivity index (χ0) is 16.8. The molecule has 2 aromatic rings. The van der Waals surface area contributed by atoms with Gasteiger partial charge in [0.1, 0.15) is 5.56 Å². The van der Waals surface area contributed by atoms with Crippen LogP contribution in [0.15, 0.2) is 42.5 Å². The van der Waals surface area contributed by atoms with E-state index in [2.05, 4.69) is 10.1 Å². The minimum Gasteiger partial charge on any atom is -0.505 e. The summed E-state index contributed by atoms with van der Waals surface area (Å²) in [5.41, 5.74) is 1.12. The number of esters is 1. The van der Waals surface area contributed by atoms with Crippen molar-refractivity contribution in [2.45, 2.75) is 12.8 Å². The Kier molecular flexibility index (Phi) is 5.60. The first kappa shape index (κ1) is 16.8. The van der Waals surface area contributed by atoms with Gasteiger partial charge in [-0.2, -0.15) is 0 Å². The van der Waals surface area contributed by atoms with Crippen LogP contribution in [0, 0.1) is 0 Å². The van der Waals surface area contributed by atoms with Gasteiger partial charge < -0.3 is 15.2 Å². The Morgan fingerprint density at radius 2 is 1.96 bits per heavy atom. The Bertz CT molecular complexity index is 730. The smallest absolute Gasteiger partial charge is 0.341 e. The molecule has 0 unspecified atom stereocenters. The summed E-state index contributed by atoms with van der Waals surface area (Å²) < 4.78 is 4.57. The van der Waals surface area contributed by atoms with Crippen molar-refractivity contribution in [3.8, 4) is 5.75 Å².